The van der Waals surface area contributed by atoms with Crippen molar-refractivity contribution in [3.05, 3.63) is 70.0 Å². The summed E-state index contributed by atoms with van der Waals surface area (Å²) in [5.74, 6) is 0.495. The molecule has 1 fully saturated rings. The van der Waals surface area contributed by atoms with E-state index < -0.39 is 11.7 Å². The largest absolute Gasteiger partial charge is 0.416 e. The number of carbonyl (C=O) groups is 1. The monoisotopic (exact) mass is 566 g/mol. The van der Waals surface area contributed by atoms with Crippen LogP contribution in [0, 0.1) is 0 Å². The molecule has 1 saturated heterocycles. The molecule has 1 aromatic heterocycles. The van der Waals surface area contributed by atoms with Gasteiger partial charge in [-0.2, -0.15) is 18.2 Å². The number of alkyl halides is 3. The van der Waals surface area contributed by atoms with Gasteiger partial charge in [-0.05, 0) is 55.0 Å². The predicted octanol–water partition coefficient (Wildman–Crippen LogP) is 4.93. The van der Waals surface area contributed by atoms with Crippen LogP contribution in [0.5, 0.6) is 0 Å². The first-order chi connectivity index (χ1) is 17.3. The summed E-state index contributed by atoms with van der Waals surface area (Å²) in [4.78, 5) is 21.5. The highest BCUT2D eigenvalue weighted by atomic mass is 79.9. The lowest BCUT2D eigenvalue weighted by molar-refractivity contribution is -0.137. The number of morpholine rings is 1. The van der Waals surface area contributed by atoms with Crippen molar-refractivity contribution in [1.82, 2.24) is 19.9 Å². The lowest BCUT2D eigenvalue weighted by atomic mass is 10.1. The minimum Gasteiger partial charge on any atom is -0.379 e. The van der Waals surface area contributed by atoms with Crippen LogP contribution < -0.4 is 0 Å². The number of halogens is 4. The molecule has 2 aromatic carbocycles. The molecule has 0 radical (unpaired) electrons. The number of benzene rings is 2. The average Bonchev–Trinajstić information content (AvgIpc) is 3.35. The first-order valence-corrected chi connectivity index (χ1v) is 12.4. The zero-order valence-corrected chi connectivity index (χ0v) is 21.1. The number of nitrogens with zero attached hydrogens (tertiary/aromatic N) is 4. The maximum absolute atomic E-state index is 13.2. The Morgan fingerprint density at radius 1 is 1.03 bits per heavy atom. The van der Waals surface area contributed by atoms with Gasteiger partial charge < -0.3 is 14.2 Å². The Morgan fingerprint density at radius 3 is 2.39 bits per heavy atom. The van der Waals surface area contributed by atoms with E-state index in [1.54, 1.807) is 4.90 Å². The quantitative estimate of drug-likeness (QED) is 0.366. The summed E-state index contributed by atoms with van der Waals surface area (Å²) < 4.78 is 50.5. The molecule has 0 aliphatic carbocycles. The predicted molar refractivity (Wildman–Crippen MR) is 130 cm³/mol. The number of hydrogen-bond acceptors (Lipinski definition) is 6. The van der Waals surface area contributed by atoms with E-state index in [2.05, 4.69) is 31.0 Å². The summed E-state index contributed by atoms with van der Waals surface area (Å²) in [5, 5.41) is 4.02. The Kier molecular flexibility index (Phi) is 8.76. The highest BCUT2D eigenvalue weighted by molar-refractivity contribution is 9.10. The van der Waals surface area contributed by atoms with Gasteiger partial charge in [0, 0.05) is 54.7 Å². The molecular weight excluding hydrogens is 541 g/mol. The van der Waals surface area contributed by atoms with E-state index in [0.29, 0.717) is 44.4 Å². The van der Waals surface area contributed by atoms with Crippen molar-refractivity contribution in [2.24, 2.45) is 0 Å². The first-order valence-electron chi connectivity index (χ1n) is 11.6. The average molecular weight is 567 g/mol. The molecule has 2 heterocycles. The lowest BCUT2D eigenvalue weighted by Crippen LogP contribution is -2.39. The Morgan fingerprint density at radius 2 is 1.72 bits per heavy atom. The van der Waals surface area contributed by atoms with E-state index >= 15 is 0 Å². The topological polar surface area (TPSA) is 71.7 Å². The summed E-state index contributed by atoms with van der Waals surface area (Å²) in [6.45, 7) is 4.60. The van der Waals surface area contributed by atoms with Crippen molar-refractivity contribution < 1.29 is 27.2 Å². The second-order valence-electron chi connectivity index (χ2n) is 8.44. The molecule has 0 atom stereocenters. The summed E-state index contributed by atoms with van der Waals surface area (Å²) in [5.41, 5.74) is 0.219. The van der Waals surface area contributed by atoms with Crippen LogP contribution in [0.1, 0.15) is 28.2 Å². The van der Waals surface area contributed by atoms with Gasteiger partial charge in [0.2, 0.25) is 11.7 Å². The molecule has 1 aliphatic rings. The minimum absolute atomic E-state index is 0.204. The van der Waals surface area contributed by atoms with E-state index in [-0.39, 0.29) is 11.5 Å². The summed E-state index contributed by atoms with van der Waals surface area (Å²) >= 11 is 3.39. The molecular formula is C25H26BrF3N4O3. The Bertz CT molecular complexity index is 1130. The third-order valence-electron chi connectivity index (χ3n) is 5.92. The number of carbonyl (C=O) groups excluding carboxylic acids is 1. The number of rotatable bonds is 9. The Balaban J connectivity index is 1.42. The molecule has 0 saturated carbocycles. The molecule has 0 unspecified atom stereocenters. The zero-order chi connectivity index (χ0) is 25.5. The van der Waals surface area contributed by atoms with Gasteiger partial charge in [0.25, 0.3) is 5.91 Å². The molecule has 36 heavy (non-hydrogen) atoms. The molecule has 192 valence electrons. The van der Waals surface area contributed by atoms with Gasteiger partial charge in [-0.3, -0.25) is 9.69 Å². The van der Waals surface area contributed by atoms with Crippen LogP contribution in [0.2, 0.25) is 0 Å². The second-order valence-corrected chi connectivity index (χ2v) is 9.36. The second kappa shape index (κ2) is 12.0. The van der Waals surface area contributed by atoms with Gasteiger partial charge in [-0.25, -0.2) is 0 Å². The van der Waals surface area contributed by atoms with Gasteiger partial charge in [0.05, 0.1) is 18.8 Å². The fourth-order valence-electron chi connectivity index (χ4n) is 3.91. The molecule has 4 rings (SSSR count). The minimum atomic E-state index is -4.45. The molecule has 0 spiro atoms. The smallest absolute Gasteiger partial charge is 0.379 e. The Labute approximate surface area is 215 Å². The zero-order valence-electron chi connectivity index (χ0n) is 19.5. The van der Waals surface area contributed by atoms with Gasteiger partial charge in [-0.15, -0.1) is 0 Å². The van der Waals surface area contributed by atoms with E-state index in [1.807, 2.05) is 24.3 Å². The number of hydrogen-bond donors (Lipinski definition) is 0. The molecule has 1 amide bonds. The normalized spacial score (nSPS) is 14.7. The van der Waals surface area contributed by atoms with Crippen molar-refractivity contribution in [3.8, 4) is 11.4 Å². The third kappa shape index (κ3) is 7.14. The first kappa shape index (κ1) is 26.3. The lowest BCUT2D eigenvalue weighted by Gasteiger charge is -2.28. The highest BCUT2D eigenvalue weighted by Gasteiger charge is 2.30. The van der Waals surface area contributed by atoms with Crippen LogP contribution in [0.25, 0.3) is 11.4 Å². The molecule has 0 bridgehead atoms. The number of aromatic nitrogens is 2. The highest BCUT2D eigenvalue weighted by Crippen LogP contribution is 2.29. The van der Waals surface area contributed by atoms with Crippen LogP contribution in [0.3, 0.4) is 0 Å². The summed E-state index contributed by atoms with van der Waals surface area (Å²) in [6.07, 6.45) is -3.41. The van der Waals surface area contributed by atoms with E-state index in [4.69, 9.17) is 9.26 Å². The van der Waals surface area contributed by atoms with Crippen LogP contribution in [-0.4, -0.2) is 71.8 Å². The fourth-order valence-corrected chi connectivity index (χ4v) is 4.18. The molecule has 0 N–H and O–H groups in total. The van der Waals surface area contributed by atoms with Crippen LogP contribution in [0.15, 0.2) is 57.5 Å². The molecule has 7 nitrogen and oxygen atoms in total. The van der Waals surface area contributed by atoms with Crippen LogP contribution in [-0.2, 0) is 17.3 Å². The number of amides is 1. The van der Waals surface area contributed by atoms with Gasteiger partial charge in [-0.1, -0.05) is 21.1 Å². The Hall–Kier alpha value is -2.76. The van der Waals surface area contributed by atoms with Crippen molar-refractivity contribution >= 4 is 21.8 Å². The standard InChI is InChI=1S/C25H26BrF3N4O3/c26-21-8-4-18(5-9-21)23-30-22(36-31-23)10-13-33(12-1-11-32-14-16-35-17-15-32)24(34)19-2-6-20(7-3-19)25(27,28)29/h2-9H,1,10-17H2. The third-order valence-corrected chi connectivity index (χ3v) is 6.45. The van der Waals surface area contributed by atoms with Crippen LogP contribution in [0.4, 0.5) is 13.2 Å². The van der Waals surface area contributed by atoms with E-state index in [1.165, 1.54) is 12.1 Å². The SMILES string of the molecule is O=C(c1ccc(C(F)(F)F)cc1)N(CCCN1CCOCC1)CCc1nc(-c2ccc(Br)cc2)no1. The molecule has 1 aliphatic heterocycles. The van der Waals surface area contributed by atoms with Gasteiger partial charge in [0.15, 0.2) is 0 Å². The van der Waals surface area contributed by atoms with Crippen molar-refractivity contribution in [1.29, 1.82) is 0 Å². The summed E-state index contributed by atoms with van der Waals surface area (Å²) in [7, 11) is 0. The van der Waals surface area contributed by atoms with Crippen LogP contribution >= 0.6 is 15.9 Å². The molecule has 3 aromatic rings. The van der Waals surface area contributed by atoms with Crippen molar-refractivity contribution in [3.63, 3.8) is 0 Å². The molecule has 11 heteroatoms. The number of ether oxygens (including phenoxy) is 1. The maximum atomic E-state index is 13.2. The van der Waals surface area contributed by atoms with Crippen molar-refractivity contribution in [2.45, 2.75) is 19.0 Å². The van der Waals surface area contributed by atoms with Gasteiger partial charge >= 0.3 is 6.18 Å². The maximum Gasteiger partial charge on any atom is 0.416 e. The fraction of sp³-hybridized carbons (Fsp3) is 0.400. The van der Waals surface area contributed by atoms with Gasteiger partial charge in [0.1, 0.15) is 0 Å². The summed E-state index contributed by atoms with van der Waals surface area (Å²) in [6, 6.07) is 11.8. The van der Waals surface area contributed by atoms with E-state index in [0.717, 1.165) is 48.2 Å². The van der Waals surface area contributed by atoms with Crippen molar-refractivity contribution in [2.75, 3.05) is 45.9 Å². The van der Waals surface area contributed by atoms with E-state index in [9.17, 15) is 18.0 Å².